The summed E-state index contributed by atoms with van der Waals surface area (Å²) in [6, 6.07) is 12.2. The number of nitrogens with one attached hydrogen (secondary N) is 2. The minimum atomic E-state index is -0.446. The third-order valence-electron chi connectivity index (χ3n) is 4.32. The first-order chi connectivity index (χ1) is 13.9. The Kier molecular flexibility index (Phi) is 5.84. The quantitative estimate of drug-likeness (QED) is 0.667. The van der Waals surface area contributed by atoms with E-state index < -0.39 is 5.91 Å². The summed E-state index contributed by atoms with van der Waals surface area (Å²) in [5.41, 5.74) is 1.38. The molecule has 2 aromatic heterocycles. The molecule has 1 aromatic carbocycles. The number of anilines is 1. The van der Waals surface area contributed by atoms with Gasteiger partial charge in [-0.25, -0.2) is 0 Å². The Labute approximate surface area is 168 Å². The summed E-state index contributed by atoms with van der Waals surface area (Å²) in [5, 5.41) is 15.2. The van der Waals surface area contributed by atoms with Gasteiger partial charge in [0.2, 0.25) is 5.88 Å². The number of benzene rings is 1. The zero-order chi connectivity index (χ0) is 21.0. The van der Waals surface area contributed by atoms with Crippen LogP contribution in [0.4, 0.5) is 5.69 Å². The third kappa shape index (κ3) is 4.38. The summed E-state index contributed by atoms with van der Waals surface area (Å²) >= 11 is 0. The van der Waals surface area contributed by atoms with Crippen molar-refractivity contribution in [2.75, 3.05) is 11.9 Å². The molecular weight excluding hydrogens is 368 g/mol. The SMILES string of the molecule is Cc1oc(-n2cccc2)c(C#N)c1C(=O)Nc1ccc(C(=O)NCC(C)C)cc1. The fraction of sp³-hybridized carbons (Fsp3) is 0.227. The number of nitrogens with zero attached hydrogens (tertiary/aromatic N) is 2. The summed E-state index contributed by atoms with van der Waals surface area (Å²) in [7, 11) is 0. The molecule has 0 atom stereocenters. The highest BCUT2D eigenvalue weighted by molar-refractivity contribution is 6.07. The number of aromatic nitrogens is 1. The molecule has 7 nitrogen and oxygen atoms in total. The van der Waals surface area contributed by atoms with E-state index in [2.05, 4.69) is 16.7 Å². The second-order valence-electron chi connectivity index (χ2n) is 7.05. The van der Waals surface area contributed by atoms with Gasteiger partial charge in [0, 0.05) is 30.2 Å². The molecule has 0 aliphatic heterocycles. The molecule has 7 heteroatoms. The van der Waals surface area contributed by atoms with Crippen LogP contribution in [0, 0.1) is 24.2 Å². The predicted molar refractivity (Wildman–Crippen MR) is 109 cm³/mol. The van der Waals surface area contributed by atoms with Gasteiger partial charge < -0.3 is 15.1 Å². The largest absolute Gasteiger partial charge is 0.443 e. The highest BCUT2D eigenvalue weighted by Crippen LogP contribution is 2.26. The smallest absolute Gasteiger partial charge is 0.260 e. The number of amides is 2. The molecule has 0 saturated heterocycles. The summed E-state index contributed by atoms with van der Waals surface area (Å²) < 4.78 is 7.31. The molecule has 2 amide bonds. The summed E-state index contributed by atoms with van der Waals surface area (Å²) in [4.78, 5) is 24.9. The van der Waals surface area contributed by atoms with Crippen molar-refractivity contribution in [1.29, 1.82) is 5.26 Å². The lowest BCUT2D eigenvalue weighted by Crippen LogP contribution is -2.27. The molecule has 0 saturated carbocycles. The maximum absolute atomic E-state index is 12.8. The number of hydrogen-bond acceptors (Lipinski definition) is 4. The molecule has 0 aliphatic rings. The van der Waals surface area contributed by atoms with Gasteiger partial charge in [-0.05, 0) is 49.2 Å². The van der Waals surface area contributed by atoms with Crippen LogP contribution in [0.2, 0.25) is 0 Å². The number of carbonyl (C=O) groups is 2. The van der Waals surface area contributed by atoms with Gasteiger partial charge in [-0.2, -0.15) is 5.26 Å². The monoisotopic (exact) mass is 390 g/mol. The molecule has 29 heavy (non-hydrogen) atoms. The Balaban J connectivity index is 1.77. The number of furan rings is 1. The zero-order valence-corrected chi connectivity index (χ0v) is 16.5. The fourth-order valence-electron chi connectivity index (χ4n) is 2.86. The van der Waals surface area contributed by atoms with Crippen molar-refractivity contribution in [2.45, 2.75) is 20.8 Å². The Bertz CT molecular complexity index is 1050. The van der Waals surface area contributed by atoms with Crippen LogP contribution in [0.5, 0.6) is 0 Å². The molecule has 0 radical (unpaired) electrons. The van der Waals surface area contributed by atoms with Gasteiger partial charge in [-0.3, -0.25) is 14.2 Å². The highest BCUT2D eigenvalue weighted by atomic mass is 16.4. The van der Waals surface area contributed by atoms with Crippen LogP contribution in [0.1, 0.15) is 45.9 Å². The topological polar surface area (TPSA) is 100 Å². The van der Waals surface area contributed by atoms with Crippen molar-refractivity contribution in [3.8, 4) is 12.0 Å². The van der Waals surface area contributed by atoms with E-state index in [9.17, 15) is 14.9 Å². The Morgan fingerprint density at radius 2 is 1.79 bits per heavy atom. The van der Waals surface area contributed by atoms with Crippen LogP contribution in [-0.2, 0) is 0 Å². The Morgan fingerprint density at radius 1 is 1.14 bits per heavy atom. The van der Waals surface area contributed by atoms with Crippen LogP contribution >= 0.6 is 0 Å². The Morgan fingerprint density at radius 3 is 2.38 bits per heavy atom. The van der Waals surface area contributed by atoms with E-state index in [1.807, 2.05) is 13.8 Å². The van der Waals surface area contributed by atoms with E-state index in [4.69, 9.17) is 4.42 Å². The molecule has 0 unspecified atom stereocenters. The first-order valence-corrected chi connectivity index (χ1v) is 9.27. The van der Waals surface area contributed by atoms with Crippen LogP contribution in [0.15, 0.2) is 53.2 Å². The number of hydrogen-bond donors (Lipinski definition) is 2. The molecule has 0 fully saturated rings. The van der Waals surface area contributed by atoms with Crippen LogP contribution < -0.4 is 10.6 Å². The van der Waals surface area contributed by atoms with E-state index in [1.54, 1.807) is 60.3 Å². The highest BCUT2D eigenvalue weighted by Gasteiger charge is 2.24. The second-order valence-corrected chi connectivity index (χ2v) is 7.05. The van der Waals surface area contributed by atoms with Gasteiger partial charge >= 0.3 is 0 Å². The standard InChI is InChI=1S/C22H22N4O3/c1-14(2)13-24-20(27)16-6-8-17(9-7-16)25-21(28)19-15(3)29-22(18(19)12-23)26-10-4-5-11-26/h4-11,14H,13H2,1-3H3,(H,24,27)(H,25,28). The summed E-state index contributed by atoms with van der Waals surface area (Å²) in [5.74, 6) is 0.412. The summed E-state index contributed by atoms with van der Waals surface area (Å²) in [6.45, 7) is 6.28. The number of carbonyl (C=O) groups excluding carboxylic acids is 2. The van der Waals surface area contributed by atoms with Gasteiger partial charge in [0.25, 0.3) is 11.8 Å². The van der Waals surface area contributed by atoms with Crippen molar-refractivity contribution < 1.29 is 14.0 Å². The van der Waals surface area contributed by atoms with Crippen LogP contribution in [0.3, 0.4) is 0 Å². The van der Waals surface area contributed by atoms with Crippen molar-refractivity contribution in [3.05, 3.63) is 71.2 Å². The molecule has 0 bridgehead atoms. The molecular formula is C22H22N4O3. The van der Waals surface area contributed by atoms with Gasteiger partial charge in [-0.1, -0.05) is 13.8 Å². The lowest BCUT2D eigenvalue weighted by Gasteiger charge is -2.09. The average molecular weight is 390 g/mol. The van der Waals surface area contributed by atoms with Gasteiger partial charge in [-0.15, -0.1) is 0 Å². The second kappa shape index (κ2) is 8.48. The maximum Gasteiger partial charge on any atom is 0.260 e. The normalized spacial score (nSPS) is 10.6. The molecule has 2 heterocycles. The van der Waals surface area contributed by atoms with E-state index in [0.717, 1.165) is 0 Å². The zero-order valence-electron chi connectivity index (χ0n) is 16.5. The lowest BCUT2D eigenvalue weighted by molar-refractivity contribution is 0.0948. The first kappa shape index (κ1) is 20.0. The minimum absolute atomic E-state index is 0.162. The van der Waals surface area contributed by atoms with Crippen molar-refractivity contribution in [2.24, 2.45) is 5.92 Å². The van der Waals surface area contributed by atoms with Gasteiger partial charge in [0.15, 0.2) is 0 Å². The fourth-order valence-corrected chi connectivity index (χ4v) is 2.86. The van der Waals surface area contributed by atoms with Crippen LogP contribution in [0.25, 0.3) is 5.88 Å². The molecule has 0 spiro atoms. The first-order valence-electron chi connectivity index (χ1n) is 9.27. The molecule has 0 aliphatic carbocycles. The number of aryl methyl sites for hydroxylation is 1. The molecule has 148 valence electrons. The van der Waals surface area contributed by atoms with Crippen molar-refractivity contribution >= 4 is 17.5 Å². The van der Waals surface area contributed by atoms with Gasteiger partial charge in [0.05, 0.1) is 0 Å². The van der Waals surface area contributed by atoms with Crippen molar-refractivity contribution in [3.63, 3.8) is 0 Å². The Hall–Kier alpha value is -3.79. The van der Waals surface area contributed by atoms with Crippen molar-refractivity contribution in [1.82, 2.24) is 9.88 Å². The van der Waals surface area contributed by atoms with E-state index in [1.165, 1.54) is 0 Å². The predicted octanol–water partition coefficient (Wildman–Crippen LogP) is 3.89. The third-order valence-corrected chi connectivity index (χ3v) is 4.32. The maximum atomic E-state index is 12.8. The average Bonchev–Trinajstić information content (AvgIpc) is 3.33. The lowest BCUT2D eigenvalue weighted by atomic mass is 10.1. The van der Waals surface area contributed by atoms with E-state index in [-0.39, 0.29) is 17.0 Å². The van der Waals surface area contributed by atoms with Crippen LogP contribution in [-0.4, -0.2) is 22.9 Å². The molecule has 2 N–H and O–H groups in total. The summed E-state index contributed by atoms with van der Waals surface area (Å²) in [6.07, 6.45) is 3.48. The molecule has 3 rings (SSSR count). The number of nitriles is 1. The van der Waals surface area contributed by atoms with E-state index in [0.29, 0.717) is 35.4 Å². The van der Waals surface area contributed by atoms with E-state index >= 15 is 0 Å². The van der Waals surface area contributed by atoms with Gasteiger partial charge in [0.1, 0.15) is 23.0 Å². The minimum Gasteiger partial charge on any atom is -0.443 e. The molecule has 3 aromatic rings. The number of rotatable bonds is 6.